The first kappa shape index (κ1) is 88.5. The van der Waals surface area contributed by atoms with Crippen LogP contribution < -0.4 is 0 Å². The number of aryl methyl sites for hydroxylation is 14. The van der Waals surface area contributed by atoms with E-state index in [2.05, 4.69) is 495 Å². The first-order valence-electron chi connectivity index (χ1n) is 47.0. The Kier molecular flexibility index (Phi) is 22.8. The Labute approximate surface area is 772 Å². The van der Waals surface area contributed by atoms with Crippen molar-refractivity contribution in [3.8, 4) is 77.9 Å². The van der Waals surface area contributed by atoms with Crippen LogP contribution in [-0.2, 0) is 37.9 Å². The van der Waals surface area contributed by atoms with Crippen molar-refractivity contribution < 1.29 is 0 Å². The molecule has 0 saturated carbocycles. The molecule has 0 heterocycles. The van der Waals surface area contributed by atoms with E-state index in [0.29, 0.717) is 0 Å². The number of rotatable bonds is 2. The smallest absolute Gasteiger partial charge is 0.0622 e. The highest BCUT2D eigenvalue weighted by Gasteiger charge is 2.48. The third-order valence-electron chi connectivity index (χ3n) is 30.4. The average molecular weight is 1680 g/mol. The molecule has 0 bridgehead atoms. The molecule has 16 aromatic carbocycles. The Hall–Kier alpha value is -12.5. The molecule has 0 amide bonds. The van der Waals surface area contributed by atoms with Crippen molar-refractivity contribution in [2.24, 2.45) is 0 Å². The van der Waals surface area contributed by atoms with E-state index in [1.807, 2.05) is 0 Å². The molecule has 23 rings (SSSR count). The van der Waals surface area contributed by atoms with Gasteiger partial charge in [-0.25, -0.2) is 0 Å². The Bertz CT molecular complexity index is 6890. The molecule has 0 spiro atoms. The van der Waals surface area contributed by atoms with E-state index in [4.69, 9.17) is 0 Å². The third kappa shape index (κ3) is 14.6. The maximum atomic E-state index is 2.38. The molecule has 0 unspecified atom stereocenters. The summed E-state index contributed by atoms with van der Waals surface area (Å²) in [4.78, 5) is 0. The van der Waals surface area contributed by atoms with Gasteiger partial charge >= 0.3 is 0 Å². The maximum Gasteiger partial charge on any atom is 0.0713 e. The molecular formula is C129H130. The van der Waals surface area contributed by atoms with Gasteiger partial charge in [-0.05, 0) is 319 Å². The molecule has 0 N–H and O–H groups in total. The fourth-order valence-electron chi connectivity index (χ4n) is 24.6. The molecule has 0 atom stereocenters. The fraction of sp³-hybridized carbons (Fsp3) is 0.256. The Morgan fingerprint density at radius 3 is 0.829 bits per heavy atom. The van der Waals surface area contributed by atoms with E-state index in [1.54, 1.807) is 0 Å². The second kappa shape index (κ2) is 33.2. The van der Waals surface area contributed by atoms with Gasteiger partial charge in [0, 0.05) is 32.5 Å². The van der Waals surface area contributed by atoms with Crippen molar-refractivity contribution in [3.63, 3.8) is 0 Å². The Morgan fingerprint density at radius 2 is 0.388 bits per heavy atom. The van der Waals surface area contributed by atoms with Crippen molar-refractivity contribution >= 4 is 0 Å². The topological polar surface area (TPSA) is 0 Å². The number of hydrogen-bond donors (Lipinski definition) is 0. The predicted molar refractivity (Wildman–Crippen MR) is 554 cm³/mol. The molecule has 7 aliphatic carbocycles. The zero-order valence-electron chi connectivity index (χ0n) is 81.5. The van der Waals surface area contributed by atoms with Crippen LogP contribution >= 0.6 is 0 Å². The van der Waals surface area contributed by atoms with Gasteiger partial charge in [-0.2, -0.15) is 0 Å². The van der Waals surface area contributed by atoms with Crippen LogP contribution in [0.2, 0.25) is 0 Å². The van der Waals surface area contributed by atoms with Crippen molar-refractivity contribution in [1.82, 2.24) is 0 Å². The SMILES string of the molecule is Cc1ccc(C)c2c1-c1ccccc1C2(C)C.Cc1ccc2c(c1)C(C)(C)c1c(C)cccc1-2.Cc1ccc2c(c1)C(C)(C)c1cccc(C)c1-2.Cc1ccc2c(c1)C(c1ccccc1)(c1ccccc1)c1cc(C)ccc1-2.Cc1cccc2c1-c1c(C)cccc1C2(C)C.Cc1cccc2c1-c1cccc(C)c1C2(C)C.Cc1cccc2c1C(C)(C)c1c(C)cccc1-2. The lowest BCUT2D eigenvalue weighted by Gasteiger charge is -2.34. The predicted octanol–water partition coefficient (Wildman–Crippen LogP) is 34.3. The van der Waals surface area contributed by atoms with Gasteiger partial charge in [0.15, 0.2) is 0 Å². The summed E-state index contributed by atoms with van der Waals surface area (Å²) < 4.78 is 0. The van der Waals surface area contributed by atoms with Crippen molar-refractivity contribution in [1.29, 1.82) is 0 Å². The summed E-state index contributed by atoms with van der Waals surface area (Å²) in [5.74, 6) is 0. The van der Waals surface area contributed by atoms with Gasteiger partial charge in [-0.15, -0.1) is 0 Å². The second-order valence-electron chi connectivity index (χ2n) is 41.4. The minimum absolute atomic E-state index is 0.140. The van der Waals surface area contributed by atoms with Gasteiger partial charge in [-0.1, -0.05) is 421 Å². The zero-order valence-corrected chi connectivity index (χ0v) is 81.5. The van der Waals surface area contributed by atoms with Crippen LogP contribution in [0, 0.1) is 96.9 Å². The molecule has 0 nitrogen and oxygen atoms in total. The van der Waals surface area contributed by atoms with E-state index >= 15 is 0 Å². The first-order valence-corrected chi connectivity index (χ1v) is 47.0. The summed E-state index contributed by atoms with van der Waals surface area (Å²) in [6, 6.07) is 116. The molecule has 129 heavy (non-hydrogen) atoms. The lowest BCUT2D eigenvalue weighted by molar-refractivity contribution is 0.651. The van der Waals surface area contributed by atoms with E-state index in [9.17, 15) is 0 Å². The van der Waals surface area contributed by atoms with Gasteiger partial charge in [0.2, 0.25) is 0 Å². The molecule has 0 fully saturated rings. The van der Waals surface area contributed by atoms with E-state index in [0.717, 1.165) is 0 Å². The fourth-order valence-corrected chi connectivity index (χ4v) is 24.6. The summed E-state index contributed by atoms with van der Waals surface area (Å²) >= 11 is 0. The van der Waals surface area contributed by atoms with Crippen molar-refractivity contribution in [2.45, 2.75) is 218 Å². The van der Waals surface area contributed by atoms with Gasteiger partial charge < -0.3 is 0 Å². The Balaban J connectivity index is 0.000000106. The van der Waals surface area contributed by atoms with Crippen LogP contribution in [0.25, 0.3) is 77.9 Å². The summed E-state index contributed by atoms with van der Waals surface area (Å²) in [5, 5.41) is 0. The Morgan fingerprint density at radius 1 is 0.140 bits per heavy atom. The zero-order chi connectivity index (χ0) is 91.7. The summed E-state index contributed by atoms with van der Waals surface area (Å²) in [5.41, 5.74) is 63.1. The van der Waals surface area contributed by atoms with Gasteiger partial charge in [0.1, 0.15) is 0 Å². The molecule has 0 saturated heterocycles. The highest BCUT2D eigenvalue weighted by molar-refractivity contribution is 5.91. The van der Waals surface area contributed by atoms with Crippen LogP contribution in [0.4, 0.5) is 0 Å². The second-order valence-corrected chi connectivity index (χ2v) is 41.4. The summed E-state index contributed by atoms with van der Waals surface area (Å²) in [7, 11) is 0. The monoisotopic (exact) mass is 1680 g/mol. The molecule has 7 aliphatic rings. The number of hydrogen-bond acceptors (Lipinski definition) is 0. The molecular weight excluding hydrogens is 1550 g/mol. The lowest BCUT2D eigenvalue weighted by atomic mass is 9.67. The highest BCUT2D eigenvalue weighted by Crippen LogP contribution is 2.60. The largest absolute Gasteiger partial charge is 0.0713 e. The summed E-state index contributed by atoms with van der Waals surface area (Å²) in [6.07, 6.45) is 0. The minimum Gasteiger partial charge on any atom is -0.0622 e. The molecule has 646 valence electrons. The van der Waals surface area contributed by atoms with Crippen LogP contribution in [0.3, 0.4) is 0 Å². The standard InChI is InChI=1S/C27H22.6C17H18/c1-19-13-15-23-24-16-14-20(2)18-26(24)27(25(23)17-19,21-9-5-3-6-10-21)22-11-7-4-8-12-22;1-11-7-6-10-14-15(11)13-9-5-8-12(2)16(13)17(14,3)4;1-11-7-5-9-13-15(11)16-12(2)8-6-10-14(16)17(13,3)4;1-11-7-5-9-13-14-10-6-8-12(2)16(14)17(3,4)15(11)13;1-11-8-9-13-15(10-11)17(3,4)14-7-5-6-12(2)16(13)14;1-11-8-9-13-14-7-5-6-12(2)16(14)17(3,4)15(13)10-11;1-11-9-10-12(2)16-15(11)13-7-5-6-8-14(13)17(16,3)4/h3-18H,1-2H3;6*5-10H,1-4H3. The van der Waals surface area contributed by atoms with E-state index in [-0.39, 0.29) is 37.9 Å². The number of fused-ring (bicyclic) bond motifs is 21. The van der Waals surface area contributed by atoms with Crippen molar-refractivity contribution in [2.75, 3.05) is 0 Å². The summed E-state index contributed by atoms with van der Waals surface area (Å²) in [6.45, 7) is 59.0. The maximum absolute atomic E-state index is 2.38. The minimum atomic E-state index is -0.273. The van der Waals surface area contributed by atoms with Crippen LogP contribution in [0.1, 0.15) is 250 Å². The molecule has 0 aliphatic heterocycles. The van der Waals surface area contributed by atoms with Gasteiger partial charge in [-0.3, -0.25) is 0 Å². The average Bonchev–Trinajstić information content (AvgIpc) is 1.54. The van der Waals surface area contributed by atoms with E-state index in [1.165, 1.54) is 245 Å². The lowest BCUT2D eigenvalue weighted by Crippen LogP contribution is -2.28. The molecule has 0 radical (unpaired) electrons. The van der Waals surface area contributed by atoms with Crippen LogP contribution in [0.15, 0.2) is 315 Å². The van der Waals surface area contributed by atoms with Gasteiger partial charge in [0.05, 0.1) is 5.41 Å². The highest BCUT2D eigenvalue weighted by atomic mass is 14.5. The van der Waals surface area contributed by atoms with E-state index < -0.39 is 0 Å². The van der Waals surface area contributed by atoms with Crippen molar-refractivity contribution in [3.05, 3.63) is 482 Å². The van der Waals surface area contributed by atoms with Crippen LogP contribution in [0.5, 0.6) is 0 Å². The molecule has 0 aromatic heterocycles. The molecule has 16 aromatic rings. The first-order chi connectivity index (χ1) is 61.4. The quantitative estimate of drug-likeness (QED) is 0.162. The normalized spacial score (nSPS) is 15.2. The van der Waals surface area contributed by atoms with Gasteiger partial charge in [0.25, 0.3) is 0 Å². The molecule has 0 heteroatoms. The third-order valence-corrected chi connectivity index (χ3v) is 30.4. The number of benzene rings is 16. The van der Waals surface area contributed by atoms with Crippen LogP contribution in [-0.4, -0.2) is 0 Å².